The molecular formula is C15H17BrN2O. The minimum absolute atomic E-state index is 0.560. The third kappa shape index (κ3) is 4.33. The summed E-state index contributed by atoms with van der Waals surface area (Å²) in [6.45, 7) is 1.31. The summed E-state index contributed by atoms with van der Waals surface area (Å²) in [5, 5.41) is 0. The van der Waals surface area contributed by atoms with Crippen LogP contribution in [0.2, 0.25) is 0 Å². The van der Waals surface area contributed by atoms with Crippen LogP contribution in [-0.4, -0.2) is 24.0 Å². The van der Waals surface area contributed by atoms with Crippen LogP contribution in [-0.2, 0) is 13.2 Å². The molecule has 0 aliphatic heterocycles. The molecule has 0 saturated heterocycles. The predicted octanol–water partition coefficient (Wildman–Crippen LogP) is 3.48. The largest absolute Gasteiger partial charge is 0.487 e. The lowest BCUT2D eigenvalue weighted by atomic mass is 10.2. The van der Waals surface area contributed by atoms with Crippen molar-refractivity contribution < 1.29 is 4.74 Å². The first kappa shape index (κ1) is 14.0. The highest BCUT2D eigenvalue weighted by Crippen LogP contribution is 2.21. The first-order valence-corrected chi connectivity index (χ1v) is 6.91. The van der Waals surface area contributed by atoms with Gasteiger partial charge in [-0.15, -0.1) is 0 Å². The maximum atomic E-state index is 5.87. The van der Waals surface area contributed by atoms with Crippen molar-refractivity contribution in [3.8, 4) is 5.75 Å². The van der Waals surface area contributed by atoms with Gasteiger partial charge in [0.15, 0.2) is 0 Å². The Bertz CT molecular complexity index is 529. The first-order valence-electron chi connectivity index (χ1n) is 6.12. The Morgan fingerprint density at radius 1 is 1.11 bits per heavy atom. The number of pyridine rings is 1. The van der Waals surface area contributed by atoms with Crippen molar-refractivity contribution in [1.29, 1.82) is 0 Å². The Balaban J connectivity index is 2.11. The minimum Gasteiger partial charge on any atom is -0.487 e. The smallest absolute Gasteiger partial charge is 0.142 e. The highest BCUT2D eigenvalue weighted by atomic mass is 79.9. The lowest BCUT2D eigenvalue weighted by Gasteiger charge is -2.14. The number of halogens is 1. The number of aromatic nitrogens is 1. The molecule has 1 aromatic carbocycles. The van der Waals surface area contributed by atoms with E-state index in [1.807, 2.05) is 44.4 Å². The fourth-order valence-electron chi connectivity index (χ4n) is 1.74. The third-order valence-corrected chi connectivity index (χ3v) is 3.04. The van der Waals surface area contributed by atoms with E-state index < -0.39 is 0 Å². The highest BCUT2D eigenvalue weighted by Gasteiger charge is 2.08. The number of nitrogens with zero attached hydrogens (tertiary/aromatic N) is 2. The highest BCUT2D eigenvalue weighted by molar-refractivity contribution is 9.10. The van der Waals surface area contributed by atoms with E-state index in [9.17, 15) is 0 Å². The molecule has 3 nitrogen and oxygen atoms in total. The average Bonchev–Trinajstić information content (AvgIpc) is 2.38. The van der Waals surface area contributed by atoms with Gasteiger partial charge in [0.1, 0.15) is 17.0 Å². The second-order valence-corrected chi connectivity index (χ2v) is 5.40. The van der Waals surface area contributed by atoms with Gasteiger partial charge in [-0.05, 0) is 47.7 Å². The molecule has 0 unspecified atom stereocenters. The number of hydrogen-bond acceptors (Lipinski definition) is 3. The summed E-state index contributed by atoms with van der Waals surface area (Å²) in [5.41, 5.74) is 2.09. The van der Waals surface area contributed by atoms with Crippen LogP contribution in [0.5, 0.6) is 5.75 Å². The molecule has 100 valence electrons. The zero-order valence-electron chi connectivity index (χ0n) is 11.1. The van der Waals surface area contributed by atoms with Gasteiger partial charge in [0.05, 0.1) is 5.69 Å². The van der Waals surface area contributed by atoms with Crippen LogP contribution < -0.4 is 4.74 Å². The van der Waals surface area contributed by atoms with E-state index in [0.29, 0.717) is 6.61 Å². The van der Waals surface area contributed by atoms with E-state index in [-0.39, 0.29) is 0 Å². The van der Waals surface area contributed by atoms with Crippen LogP contribution in [0.3, 0.4) is 0 Å². The normalized spacial score (nSPS) is 10.7. The van der Waals surface area contributed by atoms with Gasteiger partial charge in [-0.1, -0.05) is 30.3 Å². The Kier molecular flexibility index (Phi) is 4.93. The first-order chi connectivity index (χ1) is 9.15. The minimum atomic E-state index is 0.560. The van der Waals surface area contributed by atoms with Crippen LogP contribution in [0.1, 0.15) is 11.3 Å². The summed E-state index contributed by atoms with van der Waals surface area (Å²) in [5.74, 6) is 0.834. The van der Waals surface area contributed by atoms with E-state index in [2.05, 4.69) is 37.9 Å². The van der Waals surface area contributed by atoms with Gasteiger partial charge in [-0.3, -0.25) is 0 Å². The fraction of sp³-hybridized carbons (Fsp3) is 0.267. The van der Waals surface area contributed by atoms with Crippen molar-refractivity contribution in [3.63, 3.8) is 0 Å². The van der Waals surface area contributed by atoms with Crippen molar-refractivity contribution >= 4 is 15.9 Å². The Morgan fingerprint density at radius 2 is 1.84 bits per heavy atom. The van der Waals surface area contributed by atoms with Gasteiger partial charge in [-0.2, -0.15) is 0 Å². The topological polar surface area (TPSA) is 25.4 Å². The quantitative estimate of drug-likeness (QED) is 0.789. The monoisotopic (exact) mass is 320 g/mol. The third-order valence-electron chi connectivity index (χ3n) is 2.60. The molecule has 0 aliphatic carbocycles. The SMILES string of the molecule is CN(C)Cc1nc(Br)ccc1OCc1ccccc1. The molecule has 1 aromatic heterocycles. The zero-order valence-corrected chi connectivity index (χ0v) is 12.7. The van der Waals surface area contributed by atoms with Gasteiger partial charge < -0.3 is 9.64 Å². The zero-order chi connectivity index (χ0) is 13.7. The van der Waals surface area contributed by atoms with Crippen molar-refractivity contribution in [2.45, 2.75) is 13.2 Å². The molecule has 0 radical (unpaired) electrons. The summed E-state index contributed by atoms with van der Waals surface area (Å²) < 4.78 is 6.70. The van der Waals surface area contributed by atoms with Crippen molar-refractivity contribution in [1.82, 2.24) is 9.88 Å². The molecule has 19 heavy (non-hydrogen) atoms. The van der Waals surface area contributed by atoms with Crippen LogP contribution >= 0.6 is 15.9 Å². The molecule has 1 heterocycles. The summed E-state index contributed by atoms with van der Waals surface area (Å²) in [7, 11) is 4.03. The number of ether oxygens (including phenoxy) is 1. The summed E-state index contributed by atoms with van der Waals surface area (Å²) >= 11 is 3.40. The lowest BCUT2D eigenvalue weighted by molar-refractivity contribution is 0.292. The molecule has 0 saturated carbocycles. The maximum Gasteiger partial charge on any atom is 0.142 e. The van der Waals surface area contributed by atoms with E-state index in [1.165, 1.54) is 0 Å². The Labute approximate surface area is 122 Å². The summed E-state index contributed by atoms with van der Waals surface area (Å²) in [6.07, 6.45) is 0. The molecule has 0 aliphatic rings. The predicted molar refractivity (Wildman–Crippen MR) is 80.1 cm³/mol. The standard InChI is InChI=1S/C15H17BrN2O/c1-18(2)10-13-14(8-9-15(16)17-13)19-11-12-6-4-3-5-7-12/h3-9H,10-11H2,1-2H3. The molecule has 0 fully saturated rings. The molecule has 0 N–H and O–H groups in total. The van der Waals surface area contributed by atoms with E-state index in [0.717, 1.165) is 28.2 Å². The average molecular weight is 321 g/mol. The summed E-state index contributed by atoms with van der Waals surface area (Å²) in [4.78, 5) is 6.55. The van der Waals surface area contributed by atoms with Gasteiger partial charge in [0.25, 0.3) is 0 Å². The molecule has 4 heteroatoms. The fourth-order valence-corrected chi connectivity index (χ4v) is 2.09. The Morgan fingerprint density at radius 3 is 2.53 bits per heavy atom. The molecular weight excluding hydrogens is 304 g/mol. The number of benzene rings is 1. The van der Waals surface area contributed by atoms with Gasteiger partial charge in [-0.25, -0.2) is 4.98 Å². The summed E-state index contributed by atoms with van der Waals surface area (Å²) in [6, 6.07) is 14.0. The van der Waals surface area contributed by atoms with Gasteiger partial charge >= 0.3 is 0 Å². The van der Waals surface area contributed by atoms with Crippen LogP contribution in [0, 0.1) is 0 Å². The van der Waals surface area contributed by atoms with Crippen molar-refractivity contribution in [3.05, 3.63) is 58.3 Å². The second kappa shape index (κ2) is 6.68. The van der Waals surface area contributed by atoms with Gasteiger partial charge in [0, 0.05) is 6.54 Å². The molecule has 0 spiro atoms. The van der Waals surface area contributed by atoms with E-state index in [4.69, 9.17) is 4.74 Å². The number of rotatable bonds is 5. The Hall–Kier alpha value is -1.39. The molecule has 2 rings (SSSR count). The second-order valence-electron chi connectivity index (χ2n) is 4.59. The van der Waals surface area contributed by atoms with E-state index in [1.54, 1.807) is 0 Å². The maximum absolute atomic E-state index is 5.87. The van der Waals surface area contributed by atoms with Crippen LogP contribution in [0.25, 0.3) is 0 Å². The molecule has 0 atom stereocenters. The molecule has 0 amide bonds. The number of hydrogen-bond donors (Lipinski definition) is 0. The van der Waals surface area contributed by atoms with Crippen molar-refractivity contribution in [2.24, 2.45) is 0 Å². The molecule has 2 aromatic rings. The van der Waals surface area contributed by atoms with E-state index >= 15 is 0 Å². The van der Waals surface area contributed by atoms with Crippen molar-refractivity contribution in [2.75, 3.05) is 14.1 Å². The van der Waals surface area contributed by atoms with Crippen LogP contribution in [0.4, 0.5) is 0 Å². The lowest BCUT2D eigenvalue weighted by Crippen LogP contribution is -2.13. The molecule has 0 bridgehead atoms. The van der Waals surface area contributed by atoms with Gasteiger partial charge in [0.2, 0.25) is 0 Å². The van der Waals surface area contributed by atoms with Crippen LogP contribution in [0.15, 0.2) is 47.1 Å².